The van der Waals surface area contributed by atoms with Gasteiger partial charge >= 0.3 is 5.97 Å². The maximum Gasteiger partial charge on any atom is 0.305 e. The molecule has 0 aromatic rings. The zero-order valence-electron chi connectivity index (χ0n) is 7.00. The third-order valence-electron chi connectivity index (χ3n) is 1.02. The molecule has 0 saturated carbocycles. The molecule has 0 aromatic heterocycles. The molecule has 1 atom stereocenters. The molecule has 4 heteroatoms. The molecule has 0 rings (SSSR count). The van der Waals surface area contributed by atoms with Crippen molar-refractivity contribution in [2.75, 3.05) is 13.2 Å². The van der Waals surface area contributed by atoms with Gasteiger partial charge in [0, 0.05) is 6.42 Å². The van der Waals surface area contributed by atoms with Gasteiger partial charge in [0.1, 0.15) is 12.8 Å². The molecule has 0 spiro atoms. The van der Waals surface area contributed by atoms with Crippen LogP contribution < -0.4 is 5.73 Å². The SMILES string of the molecule is CCC(=O)OCCOC(C)N. The minimum Gasteiger partial charge on any atom is -0.463 e. The fourth-order valence-electron chi connectivity index (χ4n) is 0.492. The standard InChI is InChI=1S/C7H15NO3/c1-3-7(9)11-5-4-10-6(2)8/h6H,3-5,8H2,1-2H3. The van der Waals surface area contributed by atoms with Gasteiger partial charge in [-0.1, -0.05) is 6.92 Å². The Bertz CT molecular complexity index is 114. The normalized spacial score (nSPS) is 12.6. The fourth-order valence-corrected chi connectivity index (χ4v) is 0.492. The van der Waals surface area contributed by atoms with Crippen LogP contribution >= 0.6 is 0 Å². The number of esters is 1. The number of hydrogen-bond acceptors (Lipinski definition) is 4. The second-order valence-corrected chi connectivity index (χ2v) is 2.15. The molecule has 0 aliphatic carbocycles. The Balaban J connectivity index is 3.08. The minimum absolute atomic E-state index is 0.210. The number of carbonyl (C=O) groups is 1. The molecule has 0 saturated heterocycles. The Labute approximate surface area is 66.7 Å². The molecule has 0 aromatic carbocycles. The van der Waals surface area contributed by atoms with Crippen LogP contribution in [0.4, 0.5) is 0 Å². The number of ether oxygens (including phenoxy) is 2. The zero-order chi connectivity index (χ0) is 8.69. The molecule has 4 nitrogen and oxygen atoms in total. The van der Waals surface area contributed by atoms with Crippen LogP contribution in [0.15, 0.2) is 0 Å². The van der Waals surface area contributed by atoms with Gasteiger partial charge in [0.25, 0.3) is 0 Å². The zero-order valence-corrected chi connectivity index (χ0v) is 7.00. The summed E-state index contributed by atoms with van der Waals surface area (Å²) in [6, 6.07) is 0. The van der Waals surface area contributed by atoms with Gasteiger partial charge in [-0.05, 0) is 6.92 Å². The molecule has 2 N–H and O–H groups in total. The molecule has 0 fully saturated rings. The molecular formula is C7H15NO3. The van der Waals surface area contributed by atoms with E-state index in [0.29, 0.717) is 13.0 Å². The van der Waals surface area contributed by atoms with Crippen molar-refractivity contribution in [1.29, 1.82) is 0 Å². The maximum atomic E-state index is 10.5. The molecule has 0 bridgehead atoms. The average Bonchev–Trinajstić information content (AvgIpc) is 1.97. The molecular weight excluding hydrogens is 146 g/mol. The Morgan fingerprint density at radius 1 is 1.55 bits per heavy atom. The van der Waals surface area contributed by atoms with E-state index in [1.807, 2.05) is 0 Å². The van der Waals surface area contributed by atoms with Crippen molar-refractivity contribution >= 4 is 5.97 Å². The van der Waals surface area contributed by atoms with Crippen LogP contribution in [0, 0.1) is 0 Å². The Morgan fingerprint density at radius 3 is 2.64 bits per heavy atom. The summed E-state index contributed by atoms with van der Waals surface area (Å²) in [5, 5.41) is 0. The largest absolute Gasteiger partial charge is 0.463 e. The van der Waals surface area contributed by atoms with E-state index in [-0.39, 0.29) is 18.8 Å². The highest BCUT2D eigenvalue weighted by Crippen LogP contribution is 1.85. The van der Waals surface area contributed by atoms with Crippen molar-refractivity contribution in [3.8, 4) is 0 Å². The quantitative estimate of drug-likeness (QED) is 0.357. The van der Waals surface area contributed by atoms with Crippen molar-refractivity contribution in [3.63, 3.8) is 0 Å². The molecule has 0 radical (unpaired) electrons. The fraction of sp³-hybridized carbons (Fsp3) is 0.857. The number of rotatable bonds is 5. The highest BCUT2D eigenvalue weighted by atomic mass is 16.6. The van der Waals surface area contributed by atoms with Crippen molar-refractivity contribution < 1.29 is 14.3 Å². The summed E-state index contributed by atoms with van der Waals surface area (Å²) in [5.74, 6) is -0.210. The lowest BCUT2D eigenvalue weighted by atomic mass is 10.5. The summed E-state index contributed by atoms with van der Waals surface area (Å²) in [5.41, 5.74) is 5.28. The van der Waals surface area contributed by atoms with Gasteiger partial charge in [-0.15, -0.1) is 0 Å². The number of hydrogen-bond donors (Lipinski definition) is 1. The summed E-state index contributed by atoms with van der Waals surface area (Å²) in [6.45, 7) is 4.12. The first-order valence-corrected chi connectivity index (χ1v) is 3.69. The Kier molecular flexibility index (Phi) is 5.78. The van der Waals surface area contributed by atoms with Crippen LogP contribution in [0.1, 0.15) is 20.3 Å². The molecule has 66 valence electrons. The van der Waals surface area contributed by atoms with Crippen molar-refractivity contribution in [2.45, 2.75) is 26.5 Å². The predicted octanol–water partition coefficient (Wildman–Crippen LogP) is 0.261. The summed E-state index contributed by atoms with van der Waals surface area (Å²) in [4.78, 5) is 10.5. The summed E-state index contributed by atoms with van der Waals surface area (Å²) < 4.78 is 9.66. The lowest BCUT2D eigenvalue weighted by Gasteiger charge is -2.07. The van der Waals surface area contributed by atoms with Gasteiger partial charge in [0.05, 0.1) is 6.61 Å². The van der Waals surface area contributed by atoms with E-state index in [2.05, 4.69) is 0 Å². The van der Waals surface area contributed by atoms with Crippen molar-refractivity contribution in [3.05, 3.63) is 0 Å². The van der Waals surface area contributed by atoms with Gasteiger partial charge in [-0.25, -0.2) is 0 Å². The van der Waals surface area contributed by atoms with Gasteiger partial charge in [0.15, 0.2) is 0 Å². The first-order valence-electron chi connectivity index (χ1n) is 3.69. The van der Waals surface area contributed by atoms with E-state index in [0.717, 1.165) is 0 Å². The monoisotopic (exact) mass is 161 g/mol. The van der Waals surface area contributed by atoms with Crippen molar-refractivity contribution in [1.82, 2.24) is 0 Å². The van der Waals surface area contributed by atoms with Gasteiger partial charge in [-0.2, -0.15) is 0 Å². The number of nitrogens with two attached hydrogens (primary N) is 1. The van der Waals surface area contributed by atoms with Crippen LogP contribution in [0.2, 0.25) is 0 Å². The highest BCUT2D eigenvalue weighted by molar-refractivity contribution is 5.68. The van der Waals surface area contributed by atoms with Crippen LogP contribution in [-0.4, -0.2) is 25.4 Å². The molecule has 0 heterocycles. The summed E-state index contributed by atoms with van der Waals surface area (Å²) >= 11 is 0. The summed E-state index contributed by atoms with van der Waals surface area (Å²) in [7, 11) is 0. The van der Waals surface area contributed by atoms with E-state index in [1.54, 1.807) is 13.8 Å². The predicted molar refractivity (Wildman–Crippen MR) is 40.9 cm³/mol. The molecule has 11 heavy (non-hydrogen) atoms. The lowest BCUT2D eigenvalue weighted by molar-refractivity contribution is -0.145. The van der Waals surface area contributed by atoms with E-state index >= 15 is 0 Å². The smallest absolute Gasteiger partial charge is 0.305 e. The van der Waals surface area contributed by atoms with Crippen LogP contribution in [-0.2, 0) is 14.3 Å². The average molecular weight is 161 g/mol. The third-order valence-corrected chi connectivity index (χ3v) is 1.02. The minimum atomic E-state index is -0.296. The first-order chi connectivity index (χ1) is 5.16. The lowest BCUT2D eigenvalue weighted by Crippen LogP contribution is -2.22. The van der Waals surface area contributed by atoms with E-state index in [9.17, 15) is 4.79 Å². The maximum absolute atomic E-state index is 10.5. The topological polar surface area (TPSA) is 61.5 Å². The second-order valence-electron chi connectivity index (χ2n) is 2.15. The van der Waals surface area contributed by atoms with Crippen LogP contribution in [0.25, 0.3) is 0 Å². The molecule has 0 amide bonds. The first kappa shape index (κ1) is 10.4. The van der Waals surface area contributed by atoms with E-state index in [4.69, 9.17) is 15.2 Å². The van der Waals surface area contributed by atoms with Gasteiger partial charge in [-0.3, -0.25) is 4.79 Å². The highest BCUT2D eigenvalue weighted by Gasteiger charge is 1.97. The Hall–Kier alpha value is -0.610. The second kappa shape index (κ2) is 6.12. The molecule has 0 aliphatic heterocycles. The van der Waals surface area contributed by atoms with Crippen LogP contribution in [0.3, 0.4) is 0 Å². The van der Waals surface area contributed by atoms with Gasteiger partial charge in [0.2, 0.25) is 0 Å². The molecule has 0 aliphatic rings. The van der Waals surface area contributed by atoms with Gasteiger partial charge < -0.3 is 15.2 Å². The number of carbonyl (C=O) groups excluding carboxylic acids is 1. The van der Waals surface area contributed by atoms with E-state index in [1.165, 1.54) is 0 Å². The van der Waals surface area contributed by atoms with Crippen LogP contribution in [0.5, 0.6) is 0 Å². The van der Waals surface area contributed by atoms with Crippen molar-refractivity contribution in [2.24, 2.45) is 5.73 Å². The third kappa shape index (κ3) is 7.29. The molecule has 1 unspecified atom stereocenters. The summed E-state index contributed by atoms with van der Waals surface area (Å²) in [6.07, 6.45) is 0.105. The van der Waals surface area contributed by atoms with E-state index < -0.39 is 0 Å². The Morgan fingerprint density at radius 2 is 2.18 bits per heavy atom.